The van der Waals surface area contributed by atoms with Crippen LogP contribution < -0.4 is 0 Å². The van der Waals surface area contributed by atoms with E-state index in [2.05, 4.69) is 53.1 Å². The number of pyridine rings is 1. The molecule has 1 aliphatic carbocycles. The molecule has 1 saturated carbocycles. The molecule has 1 amide bonds. The van der Waals surface area contributed by atoms with Crippen molar-refractivity contribution in [3.8, 4) is 0 Å². The second-order valence-electron chi connectivity index (χ2n) is 7.92. The zero-order chi connectivity index (χ0) is 18.1. The summed E-state index contributed by atoms with van der Waals surface area (Å²) in [5, 5.41) is 0. The Kier molecular flexibility index (Phi) is 4.53. The van der Waals surface area contributed by atoms with Crippen LogP contribution in [0.3, 0.4) is 0 Å². The van der Waals surface area contributed by atoms with Crippen molar-refractivity contribution < 1.29 is 4.79 Å². The van der Waals surface area contributed by atoms with Gasteiger partial charge in [-0.1, -0.05) is 30.3 Å². The zero-order valence-corrected chi connectivity index (χ0v) is 15.7. The maximum atomic E-state index is 13.5. The zero-order valence-electron chi connectivity index (χ0n) is 15.7. The Balaban J connectivity index is 1.58. The molecule has 1 aliphatic heterocycles. The van der Waals surface area contributed by atoms with Crippen molar-refractivity contribution in [2.75, 3.05) is 20.6 Å². The molecule has 1 aromatic heterocycles. The van der Waals surface area contributed by atoms with Gasteiger partial charge in [0.1, 0.15) is 0 Å². The molecule has 0 spiro atoms. The minimum Gasteiger partial charge on any atom is -0.335 e. The molecule has 2 aliphatic rings. The number of carbonyl (C=O) groups is 1. The molecule has 0 bridgehead atoms. The van der Waals surface area contributed by atoms with E-state index in [4.69, 9.17) is 0 Å². The van der Waals surface area contributed by atoms with Crippen molar-refractivity contribution in [1.82, 2.24) is 14.8 Å². The van der Waals surface area contributed by atoms with E-state index in [1.807, 2.05) is 24.4 Å². The van der Waals surface area contributed by atoms with Gasteiger partial charge in [0, 0.05) is 19.3 Å². The predicted molar refractivity (Wildman–Crippen MR) is 103 cm³/mol. The van der Waals surface area contributed by atoms with Crippen LogP contribution in [0, 0.1) is 0 Å². The number of nitrogens with zero attached hydrogens (tertiary/aromatic N) is 3. The van der Waals surface area contributed by atoms with Crippen molar-refractivity contribution in [3.05, 3.63) is 65.5 Å². The standard InChI is InChI=1S/C22H27N3O/c1-24(2)16-19-15-17(10-13-23-19)20-9-6-14-25(20)21(26)22(11-12-22)18-7-4-3-5-8-18/h3-5,7-8,10,13,15,20H,6,9,11-12,14,16H2,1-2H3/t20-/m0/s1. The number of carbonyl (C=O) groups excluding carboxylic acids is 1. The van der Waals surface area contributed by atoms with Crippen LogP contribution in [-0.4, -0.2) is 41.3 Å². The molecule has 2 aromatic rings. The molecular weight excluding hydrogens is 322 g/mol. The van der Waals surface area contributed by atoms with E-state index in [1.54, 1.807) is 0 Å². The molecule has 2 heterocycles. The van der Waals surface area contributed by atoms with Crippen LogP contribution in [0.2, 0.25) is 0 Å². The second kappa shape index (κ2) is 6.84. The van der Waals surface area contributed by atoms with Gasteiger partial charge in [-0.15, -0.1) is 0 Å². The Hall–Kier alpha value is -2.20. The highest BCUT2D eigenvalue weighted by Crippen LogP contribution is 2.51. The molecule has 136 valence electrons. The van der Waals surface area contributed by atoms with E-state index in [0.717, 1.165) is 44.5 Å². The van der Waals surface area contributed by atoms with Gasteiger partial charge >= 0.3 is 0 Å². The van der Waals surface area contributed by atoms with Crippen LogP contribution in [0.4, 0.5) is 0 Å². The summed E-state index contributed by atoms with van der Waals surface area (Å²) in [7, 11) is 4.10. The smallest absolute Gasteiger partial charge is 0.233 e. The fraction of sp³-hybridized carbons (Fsp3) is 0.455. The molecule has 26 heavy (non-hydrogen) atoms. The van der Waals surface area contributed by atoms with Crippen molar-refractivity contribution >= 4 is 5.91 Å². The van der Waals surface area contributed by atoms with Crippen molar-refractivity contribution in [3.63, 3.8) is 0 Å². The summed E-state index contributed by atoms with van der Waals surface area (Å²) in [6.07, 6.45) is 5.95. The summed E-state index contributed by atoms with van der Waals surface area (Å²) in [6.45, 7) is 1.69. The van der Waals surface area contributed by atoms with Crippen LogP contribution >= 0.6 is 0 Å². The third-order valence-electron chi connectivity index (χ3n) is 5.70. The number of likely N-dealkylation sites (tertiary alicyclic amines) is 1. The molecule has 4 nitrogen and oxygen atoms in total. The van der Waals surface area contributed by atoms with Gasteiger partial charge in [0.15, 0.2) is 0 Å². The number of rotatable bonds is 5. The molecular formula is C22H27N3O. The third-order valence-corrected chi connectivity index (χ3v) is 5.70. The van der Waals surface area contributed by atoms with Crippen LogP contribution in [0.25, 0.3) is 0 Å². The largest absolute Gasteiger partial charge is 0.335 e. The van der Waals surface area contributed by atoms with Crippen LogP contribution in [-0.2, 0) is 16.8 Å². The van der Waals surface area contributed by atoms with Crippen LogP contribution in [0.15, 0.2) is 48.7 Å². The summed E-state index contributed by atoms with van der Waals surface area (Å²) in [4.78, 5) is 22.2. The molecule has 1 saturated heterocycles. The summed E-state index contributed by atoms with van der Waals surface area (Å²) >= 11 is 0. The molecule has 4 rings (SSSR count). The van der Waals surface area contributed by atoms with Gasteiger partial charge < -0.3 is 9.80 Å². The Morgan fingerprint density at radius 1 is 1.23 bits per heavy atom. The van der Waals surface area contributed by atoms with E-state index in [9.17, 15) is 4.79 Å². The minimum absolute atomic E-state index is 0.188. The van der Waals surface area contributed by atoms with Gasteiger partial charge in [0.25, 0.3) is 0 Å². The van der Waals surface area contributed by atoms with E-state index in [0.29, 0.717) is 5.91 Å². The summed E-state index contributed by atoms with van der Waals surface area (Å²) in [5.74, 6) is 0.317. The third kappa shape index (κ3) is 3.14. The quantitative estimate of drug-likeness (QED) is 0.828. The lowest BCUT2D eigenvalue weighted by Gasteiger charge is -2.30. The highest BCUT2D eigenvalue weighted by atomic mass is 16.2. The Morgan fingerprint density at radius 3 is 2.69 bits per heavy atom. The molecule has 2 fully saturated rings. The normalized spacial score (nSPS) is 21.2. The molecule has 0 N–H and O–H groups in total. The highest BCUT2D eigenvalue weighted by Gasteiger charge is 2.54. The summed E-state index contributed by atoms with van der Waals surface area (Å²) in [5.41, 5.74) is 3.20. The monoisotopic (exact) mass is 349 g/mol. The maximum Gasteiger partial charge on any atom is 0.233 e. The first-order chi connectivity index (χ1) is 12.6. The Morgan fingerprint density at radius 2 is 2.00 bits per heavy atom. The molecule has 0 unspecified atom stereocenters. The van der Waals surface area contributed by atoms with Gasteiger partial charge in [-0.25, -0.2) is 0 Å². The first-order valence-corrected chi connectivity index (χ1v) is 9.56. The first-order valence-electron chi connectivity index (χ1n) is 9.56. The molecule has 0 radical (unpaired) electrons. The lowest BCUT2D eigenvalue weighted by atomic mass is 9.93. The van der Waals surface area contributed by atoms with E-state index in [-0.39, 0.29) is 11.5 Å². The minimum atomic E-state index is -0.274. The number of hydrogen-bond donors (Lipinski definition) is 0. The highest BCUT2D eigenvalue weighted by molar-refractivity contribution is 5.91. The van der Waals surface area contributed by atoms with E-state index >= 15 is 0 Å². The summed E-state index contributed by atoms with van der Waals surface area (Å²) < 4.78 is 0. The fourth-order valence-corrected chi connectivity index (χ4v) is 4.25. The second-order valence-corrected chi connectivity index (χ2v) is 7.92. The molecule has 1 aromatic carbocycles. The average Bonchev–Trinajstić information content (AvgIpc) is 3.31. The van der Waals surface area contributed by atoms with Crippen LogP contribution in [0.1, 0.15) is 48.5 Å². The lowest BCUT2D eigenvalue weighted by molar-refractivity contribution is -0.135. The number of aromatic nitrogens is 1. The Bertz CT molecular complexity index is 783. The van der Waals surface area contributed by atoms with Crippen molar-refractivity contribution in [2.24, 2.45) is 0 Å². The molecule has 1 atom stereocenters. The van der Waals surface area contributed by atoms with Gasteiger partial charge in [0.2, 0.25) is 5.91 Å². The fourth-order valence-electron chi connectivity index (χ4n) is 4.25. The van der Waals surface area contributed by atoms with Gasteiger partial charge in [0.05, 0.1) is 17.2 Å². The predicted octanol–water partition coefficient (Wildman–Crippen LogP) is 3.54. The first kappa shape index (κ1) is 17.2. The number of amides is 1. The van der Waals surface area contributed by atoms with E-state index in [1.165, 1.54) is 11.1 Å². The average molecular weight is 349 g/mol. The topological polar surface area (TPSA) is 36.4 Å². The van der Waals surface area contributed by atoms with E-state index < -0.39 is 0 Å². The summed E-state index contributed by atoms with van der Waals surface area (Å²) in [6, 6.07) is 14.8. The molecule has 4 heteroatoms. The van der Waals surface area contributed by atoms with Crippen LogP contribution in [0.5, 0.6) is 0 Å². The Labute approximate surface area is 155 Å². The lowest BCUT2D eigenvalue weighted by Crippen LogP contribution is -2.39. The maximum absolute atomic E-state index is 13.5. The SMILES string of the molecule is CN(C)Cc1cc([C@@H]2CCCN2C(=O)C2(c3ccccc3)CC2)ccn1. The number of hydrogen-bond acceptors (Lipinski definition) is 3. The van der Waals surface area contributed by atoms with Gasteiger partial charge in [-0.3, -0.25) is 9.78 Å². The van der Waals surface area contributed by atoms with Gasteiger partial charge in [-0.05, 0) is 63.0 Å². The van der Waals surface area contributed by atoms with Crippen molar-refractivity contribution in [1.29, 1.82) is 0 Å². The van der Waals surface area contributed by atoms with Crippen molar-refractivity contribution in [2.45, 2.75) is 43.7 Å². The number of benzene rings is 1. The van der Waals surface area contributed by atoms with Gasteiger partial charge in [-0.2, -0.15) is 0 Å².